The van der Waals surface area contributed by atoms with Crippen LogP contribution in [0.4, 0.5) is 0 Å². The maximum atomic E-state index is 11.0. The third kappa shape index (κ3) is 2.37. The standard InChI is InChI=1S/C7H10N4O3/c8-10-9-5-2-1-3-11(4-5)6(12)7(13)14/h5H,1-4H2,(H,13,14). The fraction of sp³-hybridized carbons (Fsp3) is 0.714. The molecule has 0 aliphatic carbocycles. The van der Waals surface area contributed by atoms with Crippen LogP contribution in [0.5, 0.6) is 0 Å². The smallest absolute Gasteiger partial charge is 0.394 e. The van der Waals surface area contributed by atoms with Crippen LogP contribution < -0.4 is 0 Å². The molecule has 1 atom stereocenters. The highest BCUT2D eigenvalue weighted by Crippen LogP contribution is 2.13. The summed E-state index contributed by atoms with van der Waals surface area (Å²) < 4.78 is 0. The lowest BCUT2D eigenvalue weighted by molar-refractivity contribution is -0.156. The van der Waals surface area contributed by atoms with Crippen LogP contribution in [0.3, 0.4) is 0 Å². The number of azide groups is 1. The zero-order chi connectivity index (χ0) is 10.6. The molecular weight excluding hydrogens is 188 g/mol. The largest absolute Gasteiger partial charge is 0.474 e. The second-order valence-electron chi connectivity index (χ2n) is 3.06. The molecule has 1 aliphatic heterocycles. The molecule has 1 heterocycles. The molecule has 1 unspecified atom stereocenters. The molecule has 0 saturated carbocycles. The fourth-order valence-electron chi connectivity index (χ4n) is 1.44. The highest BCUT2D eigenvalue weighted by Gasteiger charge is 2.26. The fourth-order valence-corrected chi connectivity index (χ4v) is 1.44. The molecule has 1 fully saturated rings. The van der Waals surface area contributed by atoms with Crippen molar-refractivity contribution in [2.24, 2.45) is 5.11 Å². The minimum absolute atomic E-state index is 0.204. The van der Waals surface area contributed by atoms with Crippen molar-refractivity contribution >= 4 is 11.9 Å². The van der Waals surface area contributed by atoms with Crippen LogP contribution in [-0.2, 0) is 9.59 Å². The maximum absolute atomic E-state index is 11.0. The summed E-state index contributed by atoms with van der Waals surface area (Å²) in [5.74, 6) is -2.39. The summed E-state index contributed by atoms with van der Waals surface area (Å²) in [6.45, 7) is 0.623. The van der Waals surface area contributed by atoms with Crippen molar-refractivity contribution < 1.29 is 14.7 Å². The van der Waals surface area contributed by atoms with E-state index in [0.29, 0.717) is 19.4 Å². The van der Waals surface area contributed by atoms with Crippen LogP contribution >= 0.6 is 0 Å². The number of hydrogen-bond donors (Lipinski definition) is 1. The first kappa shape index (κ1) is 10.3. The number of carbonyl (C=O) groups excluding carboxylic acids is 1. The van der Waals surface area contributed by atoms with Crippen molar-refractivity contribution in [2.45, 2.75) is 18.9 Å². The van der Waals surface area contributed by atoms with Gasteiger partial charge in [-0.3, -0.25) is 4.79 Å². The molecule has 0 spiro atoms. The number of carboxylic acid groups (broad SMARTS) is 1. The molecule has 1 saturated heterocycles. The van der Waals surface area contributed by atoms with Gasteiger partial charge in [-0.1, -0.05) is 5.11 Å². The first-order valence-electron chi connectivity index (χ1n) is 4.21. The second kappa shape index (κ2) is 4.48. The van der Waals surface area contributed by atoms with Crippen molar-refractivity contribution in [1.29, 1.82) is 0 Å². The summed E-state index contributed by atoms with van der Waals surface area (Å²) in [5, 5.41) is 11.9. The van der Waals surface area contributed by atoms with Gasteiger partial charge in [0, 0.05) is 18.0 Å². The number of carbonyl (C=O) groups is 2. The predicted molar refractivity (Wildman–Crippen MR) is 46.4 cm³/mol. The molecule has 0 radical (unpaired) electrons. The monoisotopic (exact) mass is 198 g/mol. The van der Waals surface area contributed by atoms with E-state index in [1.807, 2.05) is 0 Å². The first-order valence-corrected chi connectivity index (χ1v) is 4.21. The Kier molecular flexibility index (Phi) is 3.30. The highest BCUT2D eigenvalue weighted by molar-refractivity contribution is 6.31. The van der Waals surface area contributed by atoms with E-state index in [2.05, 4.69) is 10.0 Å². The van der Waals surface area contributed by atoms with E-state index >= 15 is 0 Å². The molecule has 1 amide bonds. The molecule has 1 aliphatic rings. The summed E-state index contributed by atoms with van der Waals surface area (Å²) in [4.78, 5) is 25.2. The van der Waals surface area contributed by atoms with Crippen LogP contribution in [0.25, 0.3) is 10.4 Å². The van der Waals surface area contributed by atoms with Gasteiger partial charge >= 0.3 is 11.9 Å². The van der Waals surface area contributed by atoms with Gasteiger partial charge in [0.05, 0.1) is 6.04 Å². The minimum Gasteiger partial charge on any atom is -0.474 e. The molecule has 7 nitrogen and oxygen atoms in total. The van der Waals surface area contributed by atoms with Gasteiger partial charge in [-0.25, -0.2) is 4.79 Å². The number of nitrogens with zero attached hydrogens (tertiary/aromatic N) is 4. The lowest BCUT2D eigenvalue weighted by Crippen LogP contribution is -2.44. The summed E-state index contributed by atoms with van der Waals surface area (Å²) in [5.41, 5.74) is 8.19. The van der Waals surface area contributed by atoms with Crippen LogP contribution in [0, 0.1) is 0 Å². The van der Waals surface area contributed by atoms with Crippen LogP contribution in [0.1, 0.15) is 12.8 Å². The molecule has 1 rings (SSSR count). The molecule has 14 heavy (non-hydrogen) atoms. The van der Waals surface area contributed by atoms with E-state index in [1.54, 1.807) is 0 Å². The summed E-state index contributed by atoms with van der Waals surface area (Å²) in [7, 11) is 0. The lowest BCUT2D eigenvalue weighted by atomic mass is 10.1. The number of hydrogen-bond acceptors (Lipinski definition) is 3. The van der Waals surface area contributed by atoms with E-state index < -0.39 is 11.9 Å². The van der Waals surface area contributed by atoms with Crippen molar-refractivity contribution in [3.05, 3.63) is 10.4 Å². The van der Waals surface area contributed by atoms with Gasteiger partial charge in [-0.15, -0.1) is 0 Å². The van der Waals surface area contributed by atoms with E-state index in [1.165, 1.54) is 4.90 Å². The SMILES string of the molecule is [N-]=[N+]=NC1CCCN(C(=O)C(=O)O)C1. The van der Waals surface area contributed by atoms with Gasteiger partial charge in [0.2, 0.25) is 0 Å². The molecule has 7 heteroatoms. The van der Waals surface area contributed by atoms with Crippen LogP contribution in [0.15, 0.2) is 5.11 Å². The number of amides is 1. The summed E-state index contributed by atoms with van der Waals surface area (Å²) in [6.07, 6.45) is 1.37. The Morgan fingerprint density at radius 1 is 1.57 bits per heavy atom. The predicted octanol–water partition coefficient (Wildman–Crippen LogP) is 0.372. The molecule has 0 aromatic carbocycles. The summed E-state index contributed by atoms with van der Waals surface area (Å²) in [6, 6.07) is -0.294. The van der Waals surface area contributed by atoms with E-state index in [4.69, 9.17) is 10.6 Å². The average Bonchev–Trinajstić information content (AvgIpc) is 2.17. The number of carboxylic acids is 1. The molecule has 0 aromatic rings. The Balaban J connectivity index is 2.60. The Labute approximate surface area is 79.9 Å². The normalized spacial score (nSPS) is 21.1. The Hall–Kier alpha value is -1.75. The van der Waals surface area contributed by atoms with Crippen molar-refractivity contribution in [1.82, 2.24) is 4.90 Å². The zero-order valence-corrected chi connectivity index (χ0v) is 7.46. The Morgan fingerprint density at radius 3 is 2.86 bits per heavy atom. The van der Waals surface area contributed by atoms with E-state index in [0.717, 1.165) is 0 Å². The number of likely N-dealkylation sites (tertiary alicyclic amines) is 1. The molecule has 1 N–H and O–H groups in total. The second-order valence-corrected chi connectivity index (χ2v) is 3.06. The van der Waals surface area contributed by atoms with Gasteiger partial charge < -0.3 is 10.0 Å². The van der Waals surface area contributed by atoms with E-state index in [9.17, 15) is 9.59 Å². The number of piperidine rings is 1. The Morgan fingerprint density at radius 2 is 2.29 bits per heavy atom. The van der Waals surface area contributed by atoms with E-state index in [-0.39, 0.29) is 12.6 Å². The average molecular weight is 198 g/mol. The van der Waals surface area contributed by atoms with Crippen LogP contribution in [-0.4, -0.2) is 41.0 Å². The molecule has 76 valence electrons. The molecular formula is C7H10N4O3. The topological polar surface area (TPSA) is 106 Å². The lowest BCUT2D eigenvalue weighted by Gasteiger charge is -2.28. The Bertz CT molecular complexity index is 297. The first-order chi connectivity index (χ1) is 6.65. The third-order valence-electron chi connectivity index (χ3n) is 2.08. The number of rotatable bonds is 1. The third-order valence-corrected chi connectivity index (χ3v) is 2.08. The molecule has 0 aromatic heterocycles. The van der Waals surface area contributed by atoms with Gasteiger partial charge in [0.1, 0.15) is 0 Å². The van der Waals surface area contributed by atoms with Gasteiger partial charge in [-0.05, 0) is 18.4 Å². The quantitative estimate of drug-likeness (QED) is 0.284. The van der Waals surface area contributed by atoms with Gasteiger partial charge in [-0.2, -0.15) is 0 Å². The maximum Gasteiger partial charge on any atom is 0.394 e. The van der Waals surface area contributed by atoms with Crippen molar-refractivity contribution in [2.75, 3.05) is 13.1 Å². The minimum atomic E-state index is -1.47. The number of aliphatic carboxylic acids is 1. The highest BCUT2D eigenvalue weighted by atomic mass is 16.4. The summed E-state index contributed by atoms with van der Waals surface area (Å²) >= 11 is 0. The van der Waals surface area contributed by atoms with Crippen molar-refractivity contribution in [3.8, 4) is 0 Å². The van der Waals surface area contributed by atoms with Crippen LogP contribution in [0.2, 0.25) is 0 Å². The van der Waals surface area contributed by atoms with Gasteiger partial charge in [0.25, 0.3) is 0 Å². The van der Waals surface area contributed by atoms with Crippen molar-refractivity contribution in [3.63, 3.8) is 0 Å². The zero-order valence-electron chi connectivity index (χ0n) is 7.46. The molecule has 0 bridgehead atoms. The van der Waals surface area contributed by atoms with Gasteiger partial charge in [0.15, 0.2) is 0 Å².